The lowest BCUT2D eigenvalue weighted by Gasteiger charge is -2.22. The summed E-state index contributed by atoms with van der Waals surface area (Å²) in [6.45, 7) is 8.83. The highest BCUT2D eigenvalue weighted by molar-refractivity contribution is 5.91. The molecule has 10 rings (SSSR count). The van der Waals surface area contributed by atoms with Crippen LogP contribution in [0.4, 0.5) is 14.5 Å². The molecule has 306 valence electrons. The molecule has 60 heavy (non-hydrogen) atoms. The first-order valence-corrected chi connectivity index (χ1v) is 20.4. The molecular weight excluding hydrogens is 761 g/mol. The molecule has 0 spiro atoms. The van der Waals surface area contributed by atoms with Crippen LogP contribution in [0.3, 0.4) is 0 Å². The summed E-state index contributed by atoms with van der Waals surface area (Å²) in [6, 6.07) is 18.8. The molecule has 3 N–H and O–H groups in total. The standard InChI is InChI=1S/C24H27FN6O.C22H20FN5/c1-15-14-31-24(28-15)22(27-9-10-32-2)13-21(30-31)18-11-17-3-4-20(16-5-7-26-8-6-16)29-23(17)19(25)12-18;1-13-7-15(8-17-12-28(2)27-22(13)17)16-9-19(23)18-11-20(25-26-21(18)10-16)14-3-5-24-6-4-14/h3-4,11-14,16,26-27H,5-10H2,1-2H3;3,7-12,24H,4-6H2,1-2H3. The first-order chi connectivity index (χ1) is 29.2. The number of pyridine rings is 1. The summed E-state index contributed by atoms with van der Waals surface area (Å²) in [5.41, 5.74) is 11.4. The minimum absolute atomic E-state index is 0.276. The summed E-state index contributed by atoms with van der Waals surface area (Å²) in [5.74, 6) is -0.220. The first kappa shape index (κ1) is 39.3. The Hall–Kier alpha value is -6.22. The van der Waals surface area contributed by atoms with E-state index in [9.17, 15) is 4.39 Å². The minimum Gasteiger partial charge on any atom is -0.383 e. The highest BCUT2D eigenvalue weighted by atomic mass is 19.1. The van der Waals surface area contributed by atoms with Gasteiger partial charge in [-0.15, -0.1) is 5.10 Å². The molecular formula is C46H47F2N11O. The van der Waals surface area contributed by atoms with Crippen molar-refractivity contribution in [2.45, 2.75) is 39.0 Å². The fraction of sp³-hybridized carbons (Fsp3) is 0.304. The lowest BCUT2D eigenvalue weighted by molar-refractivity contribution is 0.211. The van der Waals surface area contributed by atoms with Gasteiger partial charge in [0, 0.05) is 66.8 Å². The van der Waals surface area contributed by atoms with Crippen LogP contribution in [-0.2, 0) is 11.8 Å². The van der Waals surface area contributed by atoms with Crippen molar-refractivity contribution in [3.8, 4) is 22.4 Å². The van der Waals surface area contributed by atoms with E-state index in [-0.39, 0.29) is 11.6 Å². The first-order valence-electron chi connectivity index (χ1n) is 20.4. The van der Waals surface area contributed by atoms with Crippen LogP contribution >= 0.6 is 0 Å². The predicted octanol–water partition coefficient (Wildman–Crippen LogP) is 7.93. The lowest BCUT2D eigenvalue weighted by atomic mass is 9.93. The second-order valence-electron chi connectivity index (χ2n) is 15.6. The number of halogens is 2. The zero-order valence-corrected chi connectivity index (χ0v) is 34.2. The van der Waals surface area contributed by atoms with Gasteiger partial charge in [-0.3, -0.25) is 4.68 Å². The second kappa shape index (κ2) is 16.8. The van der Waals surface area contributed by atoms with Crippen LogP contribution < -0.4 is 16.0 Å². The Labute approximate surface area is 346 Å². The Morgan fingerprint density at radius 1 is 0.800 bits per heavy atom. The quantitative estimate of drug-likeness (QED) is 0.130. The largest absolute Gasteiger partial charge is 0.383 e. The van der Waals surface area contributed by atoms with Gasteiger partial charge in [-0.25, -0.2) is 23.3 Å². The number of methoxy groups -OCH3 is 1. The number of imidazole rings is 1. The SMILES string of the molecule is COCCNc1cc(-c2cc(F)c3nc(C4CCNCC4)ccc3c2)nn2cc(C)nc12.Cc1cc(-c2cc(F)c3cc(C4=CCNCC4)nnc3c2)cc2cn(C)nc12. The van der Waals surface area contributed by atoms with Crippen molar-refractivity contribution < 1.29 is 13.5 Å². The topological polar surface area (TPSA) is 132 Å². The van der Waals surface area contributed by atoms with Gasteiger partial charge in [-0.2, -0.15) is 15.3 Å². The number of hydrogen-bond donors (Lipinski definition) is 3. The molecule has 1 fully saturated rings. The summed E-state index contributed by atoms with van der Waals surface area (Å²) in [4.78, 5) is 9.25. The fourth-order valence-electron chi connectivity index (χ4n) is 8.23. The Balaban J connectivity index is 0.000000155. The molecule has 12 nitrogen and oxygen atoms in total. The molecule has 14 heteroatoms. The summed E-state index contributed by atoms with van der Waals surface area (Å²) in [6.07, 6.45) is 8.88. The van der Waals surface area contributed by atoms with E-state index >= 15 is 4.39 Å². The van der Waals surface area contributed by atoms with Gasteiger partial charge < -0.3 is 20.7 Å². The summed E-state index contributed by atoms with van der Waals surface area (Å²) >= 11 is 0. The smallest absolute Gasteiger partial charge is 0.177 e. The van der Waals surface area contributed by atoms with E-state index < -0.39 is 0 Å². The zero-order valence-electron chi connectivity index (χ0n) is 34.2. The third-order valence-corrected chi connectivity index (χ3v) is 11.3. The summed E-state index contributed by atoms with van der Waals surface area (Å²) in [5, 5.41) is 30.1. The van der Waals surface area contributed by atoms with Crippen molar-refractivity contribution in [3.05, 3.63) is 113 Å². The number of ether oxygens (including phenoxy) is 1. The van der Waals surface area contributed by atoms with Gasteiger partial charge in [0.1, 0.15) is 17.2 Å². The van der Waals surface area contributed by atoms with Crippen molar-refractivity contribution in [3.63, 3.8) is 0 Å². The number of nitrogens with one attached hydrogen (secondary N) is 3. The van der Waals surface area contributed by atoms with Gasteiger partial charge in [0.25, 0.3) is 0 Å². The molecule has 0 saturated carbocycles. The van der Waals surface area contributed by atoms with Crippen molar-refractivity contribution in [1.82, 2.24) is 50.2 Å². The van der Waals surface area contributed by atoms with E-state index in [1.807, 2.05) is 81.8 Å². The minimum atomic E-state index is -0.328. The second-order valence-corrected chi connectivity index (χ2v) is 15.6. The van der Waals surface area contributed by atoms with E-state index in [0.29, 0.717) is 46.7 Å². The van der Waals surface area contributed by atoms with Crippen LogP contribution in [0, 0.1) is 25.5 Å². The van der Waals surface area contributed by atoms with Gasteiger partial charge in [-0.1, -0.05) is 12.1 Å². The molecule has 8 aromatic rings. The average molecular weight is 808 g/mol. The van der Waals surface area contributed by atoms with Gasteiger partial charge in [0.05, 0.1) is 46.6 Å². The Kier molecular flexibility index (Phi) is 11.0. The molecule has 0 radical (unpaired) electrons. The maximum absolute atomic E-state index is 15.2. The highest BCUT2D eigenvalue weighted by Crippen LogP contribution is 2.33. The Morgan fingerprint density at radius 3 is 2.43 bits per heavy atom. The van der Waals surface area contributed by atoms with E-state index in [0.717, 1.165) is 112 Å². The molecule has 0 bridgehead atoms. The molecule has 7 heterocycles. The number of rotatable bonds is 8. The maximum atomic E-state index is 15.2. The number of nitrogens with zero attached hydrogens (tertiary/aromatic N) is 8. The number of piperidine rings is 1. The monoisotopic (exact) mass is 807 g/mol. The van der Waals surface area contributed by atoms with Crippen LogP contribution in [0.2, 0.25) is 0 Å². The van der Waals surface area contributed by atoms with Crippen LogP contribution in [0.15, 0.2) is 79.1 Å². The average Bonchev–Trinajstić information content (AvgIpc) is 3.85. The molecule has 1 saturated heterocycles. The van der Waals surface area contributed by atoms with Crippen molar-refractivity contribution in [1.29, 1.82) is 0 Å². The summed E-state index contributed by atoms with van der Waals surface area (Å²) < 4.78 is 38.9. The van der Waals surface area contributed by atoms with Gasteiger partial charge in [0.2, 0.25) is 0 Å². The van der Waals surface area contributed by atoms with Crippen LogP contribution in [0.5, 0.6) is 0 Å². The number of aromatic nitrogens is 8. The number of anilines is 1. The van der Waals surface area contributed by atoms with Crippen LogP contribution in [-0.4, -0.2) is 86.0 Å². The molecule has 0 aliphatic carbocycles. The normalized spacial score (nSPS) is 14.8. The Morgan fingerprint density at radius 2 is 1.62 bits per heavy atom. The number of fused-ring (bicyclic) bond motifs is 4. The van der Waals surface area contributed by atoms with Crippen molar-refractivity contribution in [2.75, 3.05) is 51.8 Å². The third-order valence-electron chi connectivity index (χ3n) is 11.3. The van der Waals surface area contributed by atoms with Crippen molar-refractivity contribution >= 4 is 49.6 Å². The van der Waals surface area contributed by atoms with Crippen molar-refractivity contribution in [2.24, 2.45) is 7.05 Å². The maximum Gasteiger partial charge on any atom is 0.177 e. The molecule has 0 atom stereocenters. The van der Waals surface area contributed by atoms with E-state index in [1.54, 1.807) is 22.4 Å². The number of benzene rings is 3. The molecule has 0 amide bonds. The third kappa shape index (κ3) is 8.05. The van der Waals surface area contributed by atoms with E-state index in [1.165, 1.54) is 6.07 Å². The van der Waals surface area contributed by atoms with Gasteiger partial charge >= 0.3 is 0 Å². The summed E-state index contributed by atoms with van der Waals surface area (Å²) in [7, 11) is 3.57. The van der Waals surface area contributed by atoms with Crippen LogP contribution in [0.25, 0.3) is 66.3 Å². The fourth-order valence-corrected chi connectivity index (χ4v) is 8.23. The Bertz CT molecular complexity index is 2910. The lowest BCUT2D eigenvalue weighted by Crippen LogP contribution is -2.27. The highest BCUT2D eigenvalue weighted by Gasteiger charge is 2.19. The molecule has 5 aromatic heterocycles. The zero-order chi connectivity index (χ0) is 41.3. The molecule has 2 aliphatic rings. The number of hydrogen-bond acceptors (Lipinski definition) is 10. The van der Waals surface area contributed by atoms with Crippen LogP contribution in [0.1, 0.15) is 47.8 Å². The molecule has 2 aliphatic heterocycles. The molecule has 3 aromatic carbocycles. The van der Waals surface area contributed by atoms with Gasteiger partial charge in [0.15, 0.2) is 5.65 Å². The van der Waals surface area contributed by atoms with E-state index in [2.05, 4.69) is 52.4 Å². The van der Waals surface area contributed by atoms with E-state index in [4.69, 9.17) is 4.74 Å². The number of aryl methyl sites for hydroxylation is 3. The predicted molar refractivity (Wildman–Crippen MR) is 233 cm³/mol. The van der Waals surface area contributed by atoms with Gasteiger partial charge in [-0.05, 0) is 130 Å². The molecule has 0 unspecified atom stereocenters.